The number of carbonyl (C=O) groups is 2. The average molecular weight is 292 g/mol. The molecule has 1 saturated heterocycles. The van der Waals surface area contributed by atoms with Crippen molar-refractivity contribution in [2.24, 2.45) is 11.8 Å². The quantitative estimate of drug-likeness (QED) is 0.801. The van der Waals surface area contributed by atoms with Gasteiger partial charge in [0.05, 0.1) is 0 Å². The second kappa shape index (κ2) is 6.80. The maximum Gasteiger partial charge on any atom is 0.225 e. The van der Waals surface area contributed by atoms with Crippen LogP contribution >= 0.6 is 0 Å². The van der Waals surface area contributed by atoms with E-state index < -0.39 is 0 Å². The van der Waals surface area contributed by atoms with Crippen LogP contribution in [0.5, 0.6) is 0 Å². The summed E-state index contributed by atoms with van der Waals surface area (Å²) in [5, 5.41) is 0. The van der Waals surface area contributed by atoms with Crippen molar-refractivity contribution in [2.75, 3.05) is 26.2 Å². The Morgan fingerprint density at radius 1 is 0.762 bits per heavy atom. The van der Waals surface area contributed by atoms with Gasteiger partial charge in [0, 0.05) is 38.5 Å². The van der Waals surface area contributed by atoms with Crippen LogP contribution in [0.2, 0.25) is 0 Å². The lowest BCUT2D eigenvalue weighted by atomic mass is 10.0. The van der Waals surface area contributed by atoms with Crippen LogP contribution in [0.3, 0.4) is 0 Å². The summed E-state index contributed by atoms with van der Waals surface area (Å²) in [5.74, 6) is 1.55. The topological polar surface area (TPSA) is 40.6 Å². The summed E-state index contributed by atoms with van der Waals surface area (Å²) in [5.41, 5.74) is 0. The van der Waals surface area contributed by atoms with Crippen LogP contribution in [-0.2, 0) is 9.59 Å². The van der Waals surface area contributed by atoms with Crippen molar-refractivity contribution in [1.29, 1.82) is 0 Å². The third-order valence-electron chi connectivity index (χ3n) is 5.59. The molecule has 2 aliphatic carbocycles. The number of piperazine rings is 1. The van der Waals surface area contributed by atoms with Gasteiger partial charge < -0.3 is 9.80 Å². The van der Waals surface area contributed by atoms with Crippen molar-refractivity contribution in [3.05, 3.63) is 0 Å². The largest absolute Gasteiger partial charge is 0.339 e. The third-order valence-corrected chi connectivity index (χ3v) is 5.59. The molecule has 3 fully saturated rings. The number of hydrogen-bond acceptors (Lipinski definition) is 2. The maximum absolute atomic E-state index is 12.4. The van der Waals surface area contributed by atoms with E-state index in [1.54, 1.807) is 0 Å². The predicted octanol–water partition coefficient (Wildman–Crippen LogP) is 2.43. The third kappa shape index (κ3) is 3.58. The molecular weight excluding hydrogens is 264 g/mol. The summed E-state index contributed by atoms with van der Waals surface area (Å²) in [6.45, 7) is 2.96. The molecule has 1 heterocycles. The van der Waals surface area contributed by atoms with Gasteiger partial charge >= 0.3 is 0 Å². The molecule has 3 aliphatic rings. The Morgan fingerprint density at radius 3 is 1.90 bits per heavy atom. The minimum absolute atomic E-state index is 0.269. The van der Waals surface area contributed by atoms with Crippen LogP contribution in [-0.4, -0.2) is 47.8 Å². The molecule has 21 heavy (non-hydrogen) atoms. The zero-order chi connectivity index (χ0) is 14.7. The molecule has 0 unspecified atom stereocenters. The highest BCUT2D eigenvalue weighted by molar-refractivity contribution is 5.80. The van der Waals surface area contributed by atoms with Gasteiger partial charge in [-0.05, 0) is 31.6 Å². The molecule has 2 amide bonds. The Hall–Kier alpha value is -1.06. The van der Waals surface area contributed by atoms with Gasteiger partial charge in [0.15, 0.2) is 0 Å². The molecule has 4 heteroatoms. The standard InChI is InChI=1S/C17H28N2O2/c20-16(13-14-5-1-2-6-14)18-9-11-19(12-10-18)17(21)15-7-3-4-8-15/h14-15H,1-13H2. The van der Waals surface area contributed by atoms with Crippen LogP contribution in [0.1, 0.15) is 57.8 Å². The number of rotatable bonds is 3. The first-order chi connectivity index (χ1) is 10.2. The first-order valence-electron chi connectivity index (χ1n) is 8.80. The SMILES string of the molecule is O=C(CC1CCCC1)N1CCN(C(=O)C2CCCC2)CC1. The minimum Gasteiger partial charge on any atom is -0.339 e. The average Bonchev–Trinajstić information content (AvgIpc) is 3.20. The smallest absolute Gasteiger partial charge is 0.225 e. The van der Waals surface area contributed by atoms with Crippen LogP contribution in [0.25, 0.3) is 0 Å². The van der Waals surface area contributed by atoms with Crippen molar-refractivity contribution >= 4 is 11.8 Å². The van der Waals surface area contributed by atoms with E-state index in [1.165, 1.54) is 38.5 Å². The van der Waals surface area contributed by atoms with E-state index in [-0.39, 0.29) is 5.92 Å². The van der Waals surface area contributed by atoms with Crippen LogP contribution < -0.4 is 0 Å². The number of nitrogens with zero attached hydrogens (tertiary/aromatic N) is 2. The number of carbonyl (C=O) groups excluding carboxylic acids is 2. The van der Waals surface area contributed by atoms with Gasteiger partial charge in [-0.3, -0.25) is 9.59 Å². The lowest BCUT2D eigenvalue weighted by Gasteiger charge is -2.36. The summed E-state index contributed by atoms with van der Waals surface area (Å²) >= 11 is 0. The Kier molecular flexibility index (Phi) is 4.81. The summed E-state index contributed by atoms with van der Waals surface area (Å²) in [6.07, 6.45) is 10.3. The monoisotopic (exact) mass is 292 g/mol. The molecule has 0 atom stereocenters. The van der Waals surface area contributed by atoms with Gasteiger partial charge in [-0.2, -0.15) is 0 Å². The fourth-order valence-corrected chi connectivity index (χ4v) is 4.20. The van der Waals surface area contributed by atoms with E-state index >= 15 is 0 Å². The van der Waals surface area contributed by atoms with Crippen LogP contribution in [0, 0.1) is 11.8 Å². The van der Waals surface area contributed by atoms with Gasteiger partial charge in [0.2, 0.25) is 11.8 Å². The lowest BCUT2D eigenvalue weighted by molar-refractivity contribution is -0.142. The van der Waals surface area contributed by atoms with Gasteiger partial charge in [0.25, 0.3) is 0 Å². The molecule has 1 aliphatic heterocycles. The van der Waals surface area contributed by atoms with Gasteiger partial charge in [0.1, 0.15) is 0 Å². The molecule has 0 bridgehead atoms. The van der Waals surface area contributed by atoms with E-state index in [0.717, 1.165) is 45.4 Å². The molecule has 2 saturated carbocycles. The molecule has 0 N–H and O–H groups in total. The molecule has 0 aromatic heterocycles. The van der Waals surface area contributed by atoms with Crippen molar-refractivity contribution in [1.82, 2.24) is 9.80 Å². The van der Waals surface area contributed by atoms with E-state index in [0.29, 0.717) is 17.7 Å². The Labute approximate surface area is 127 Å². The summed E-state index contributed by atoms with van der Waals surface area (Å²) < 4.78 is 0. The van der Waals surface area contributed by atoms with Gasteiger partial charge in [-0.15, -0.1) is 0 Å². The van der Waals surface area contributed by atoms with E-state index in [4.69, 9.17) is 0 Å². The van der Waals surface area contributed by atoms with Crippen molar-refractivity contribution in [3.63, 3.8) is 0 Å². The highest BCUT2D eigenvalue weighted by Gasteiger charge is 2.31. The second-order valence-electron chi connectivity index (χ2n) is 7.04. The molecular formula is C17H28N2O2. The summed E-state index contributed by atoms with van der Waals surface area (Å²) in [4.78, 5) is 28.7. The Morgan fingerprint density at radius 2 is 1.29 bits per heavy atom. The highest BCUT2D eigenvalue weighted by atomic mass is 16.2. The summed E-state index contributed by atoms with van der Waals surface area (Å²) in [6, 6.07) is 0. The first kappa shape index (κ1) is 14.9. The molecule has 118 valence electrons. The zero-order valence-corrected chi connectivity index (χ0v) is 13.1. The zero-order valence-electron chi connectivity index (χ0n) is 13.1. The van der Waals surface area contributed by atoms with Crippen LogP contribution in [0.15, 0.2) is 0 Å². The van der Waals surface area contributed by atoms with Crippen molar-refractivity contribution in [3.8, 4) is 0 Å². The van der Waals surface area contributed by atoms with E-state index in [1.807, 2.05) is 9.80 Å². The molecule has 0 aromatic rings. The fourth-order valence-electron chi connectivity index (χ4n) is 4.20. The molecule has 0 aromatic carbocycles. The van der Waals surface area contributed by atoms with E-state index in [2.05, 4.69) is 0 Å². The normalized spacial score (nSPS) is 24.8. The number of hydrogen-bond donors (Lipinski definition) is 0. The molecule has 3 rings (SSSR count). The Bertz CT molecular complexity index is 376. The highest BCUT2D eigenvalue weighted by Crippen LogP contribution is 2.29. The lowest BCUT2D eigenvalue weighted by Crippen LogP contribution is -2.52. The van der Waals surface area contributed by atoms with Gasteiger partial charge in [-0.1, -0.05) is 25.7 Å². The van der Waals surface area contributed by atoms with Crippen molar-refractivity contribution < 1.29 is 9.59 Å². The van der Waals surface area contributed by atoms with Gasteiger partial charge in [-0.25, -0.2) is 0 Å². The van der Waals surface area contributed by atoms with Crippen LogP contribution in [0.4, 0.5) is 0 Å². The fraction of sp³-hybridized carbons (Fsp3) is 0.882. The molecule has 0 spiro atoms. The molecule has 0 radical (unpaired) electrons. The number of amides is 2. The molecule has 4 nitrogen and oxygen atoms in total. The summed E-state index contributed by atoms with van der Waals surface area (Å²) in [7, 11) is 0. The predicted molar refractivity (Wildman–Crippen MR) is 81.7 cm³/mol. The van der Waals surface area contributed by atoms with Crippen molar-refractivity contribution in [2.45, 2.75) is 57.8 Å². The Balaban J connectivity index is 1.43. The minimum atomic E-state index is 0.269. The maximum atomic E-state index is 12.4. The van der Waals surface area contributed by atoms with E-state index in [9.17, 15) is 9.59 Å². The first-order valence-corrected chi connectivity index (χ1v) is 8.80. The second-order valence-corrected chi connectivity index (χ2v) is 7.04.